The number of benzene rings is 1. The lowest BCUT2D eigenvalue weighted by Gasteiger charge is -2.21. The van der Waals surface area contributed by atoms with Gasteiger partial charge in [-0.2, -0.15) is 0 Å². The number of methoxy groups -OCH3 is 1. The summed E-state index contributed by atoms with van der Waals surface area (Å²) in [5.74, 6) is 1.05. The molecule has 0 unspecified atom stereocenters. The van der Waals surface area contributed by atoms with Gasteiger partial charge in [-0.3, -0.25) is 4.79 Å². The van der Waals surface area contributed by atoms with E-state index in [1.807, 2.05) is 29.2 Å². The molecule has 0 saturated heterocycles. The van der Waals surface area contributed by atoms with Gasteiger partial charge in [0.05, 0.1) is 7.11 Å². The van der Waals surface area contributed by atoms with Crippen LogP contribution in [-0.2, 0) is 4.79 Å². The van der Waals surface area contributed by atoms with E-state index in [4.69, 9.17) is 4.74 Å². The number of anilines is 1. The first-order valence-corrected chi connectivity index (χ1v) is 7.37. The molecule has 0 aromatic heterocycles. The number of nitrogens with zero attached hydrogens (tertiary/aromatic N) is 1. The number of ether oxygens (including phenoxy) is 1. The van der Waals surface area contributed by atoms with Gasteiger partial charge in [0.2, 0.25) is 5.91 Å². The normalized spacial score (nSPS) is 10.2. The predicted molar refractivity (Wildman–Crippen MR) is 83.3 cm³/mol. The van der Waals surface area contributed by atoms with Crippen LogP contribution in [0.15, 0.2) is 24.3 Å². The van der Waals surface area contributed by atoms with Gasteiger partial charge in [-0.05, 0) is 25.0 Å². The van der Waals surface area contributed by atoms with Crippen LogP contribution < -0.4 is 10.1 Å². The Labute approximate surface area is 122 Å². The third-order valence-electron chi connectivity index (χ3n) is 3.08. The van der Waals surface area contributed by atoms with Gasteiger partial charge in [0.15, 0.2) is 0 Å². The van der Waals surface area contributed by atoms with E-state index in [1.54, 1.807) is 7.11 Å². The van der Waals surface area contributed by atoms with Crippen LogP contribution in [-0.4, -0.2) is 37.6 Å². The Morgan fingerprint density at radius 3 is 2.55 bits per heavy atom. The van der Waals surface area contributed by atoms with Gasteiger partial charge < -0.3 is 15.0 Å². The van der Waals surface area contributed by atoms with Crippen LogP contribution in [0.4, 0.5) is 5.69 Å². The zero-order valence-corrected chi connectivity index (χ0v) is 12.8. The fourth-order valence-electron chi connectivity index (χ4n) is 2.11. The van der Waals surface area contributed by atoms with Crippen molar-refractivity contribution in [1.29, 1.82) is 0 Å². The minimum absolute atomic E-state index is 0.226. The summed E-state index contributed by atoms with van der Waals surface area (Å²) in [4.78, 5) is 14.0. The Morgan fingerprint density at radius 2 is 1.95 bits per heavy atom. The Hall–Kier alpha value is -1.71. The van der Waals surface area contributed by atoms with Crippen LogP contribution >= 0.6 is 0 Å². The predicted octanol–water partition coefficient (Wildman–Crippen LogP) is 3.15. The molecular formula is C16H26N2O2. The maximum atomic E-state index is 12.1. The largest absolute Gasteiger partial charge is 0.497 e. The van der Waals surface area contributed by atoms with Gasteiger partial charge in [-0.15, -0.1) is 0 Å². The van der Waals surface area contributed by atoms with E-state index in [9.17, 15) is 4.79 Å². The molecule has 0 spiro atoms. The maximum Gasteiger partial charge on any atom is 0.224 e. The van der Waals surface area contributed by atoms with E-state index < -0.39 is 0 Å². The molecular weight excluding hydrogens is 252 g/mol. The molecule has 1 aromatic rings. The van der Waals surface area contributed by atoms with E-state index in [1.165, 1.54) is 0 Å². The van der Waals surface area contributed by atoms with E-state index in [0.717, 1.165) is 37.4 Å². The zero-order valence-electron chi connectivity index (χ0n) is 12.8. The quantitative estimate of drug-likeness (QED) is 0.754. The topological polar surface area (TPSA) is 41.6 Å². The number of carbonyl (C=O) groups is 1. The van der Waals surface area contributed by atoms with Gasteiger partial charge in [0, 0.05) is 37.8 Å². The lowest BCUT2D eigenvalue weighted by Crippen LogP contribution is -2.33. The lowest BCUT2D eigenvalue weighted by molar-refractivity contribution is -0.131. The SMILES string of the molecule is CCCN(CCC)C(=O)CCNc1cccc(OC)c1. The summed E-state index contributed by atoms with van der Waals surface area (Å²) in [7, 11) is 1.65. The molecule has 0 heterocycles. The van der Waals surface area contributed by atoms with Crippen molar-refractivity contribution < 1.29 is 9.53 Å². The van der Waals surface area contributed by atoms with Crippen molar-refractivity contribution in [3.05, 3.63) is 24.3 Å². The Bertz CT molecular complexity index is 401. The molecule has 0 radical (unpaired) electrons. The molecule has 1 amide bonds. The van der Waals surface area contributed by atoms with Crippen LogP contribution in [0.1, 0.15) is 33.1 Å². The van der Waals surface area contributed by atoms with E-state index in [-0.39, 0.29) is 5.91 Å². The van der Waals surface area contributed by atoms with Crippen LogP contribution in [0.2, 0.25) is 0 Å². The highest BCUT2D eigenvalue weighted by Gasteiger charge is 2.10. The summed E-state index contributed by atoms with van der Waals surface area (Å²) in [5.41, 5.74) is 0.981. The second-order valence-electron chi connectivity index (χ2n) is 4.79. The molecule has 0 aliphatic rings. The second-order valence-corrected chi connectivity index (χ2v) is 4.79. The third kappa shape index (κ3) is 5.51. The summed E-state index contributed by atoms with van der Waals surface area (Å²) >= 11 is 0. The highest BCUT2D eigenvalue weighted by Crippen LogP contribution is 2.16. The Kier molecular flexibility index (Phi) is 7.55. The minimum Gasteiger partial charge on any atom is -0.497 e. The average molecular weight is 278 g/mol. The van der Waals surface area contributed by atoms with Crippen molar-refractivity contribution in [2.45, 2.75) is 33.1 Å². The molecule has 112 valence electrons. The summed E-state index contributed by atoms with van der Waals surface area (Å²) in [5, 5.41) is 3.26. The van der Waals surface area contributed by atoms with Crippen molar-refractivity contribution in [2.24, 2.45) is 0 Å². The molecule has 0 saturated carbocycles. The highest BCUT2D eigenvalue weighted by atomic mass is 16.5. The molecule has 0 aliphatic carbocycles. The number of hydrogen-bond donors (Lipinski definition) is 1. The molecule has 4 nitrogen and oxygen atoms in total. The number of carbonyl (C=O) groups excluding carboxylic acids is 1. The number of nitrogens with one attached hydrogen (secondary N) is 1. The standard InChI is InChI=1S/C16H26N2O2/c1-4-11-18(12-5-2)16(19)9-10-17-14-7-6-8-15(13-14)20-3/h6-8,13,17H,4-5,9-12H2,1-3H3. The van der Waals surface area contributed by atoms with E-state index in [2.05, 4.69) is 19.2 Å². The smallest absolute Gasteiger partial charge is 0.224 e. The summed E-state index contributed by atoms with van der Waals surface area (Å²) < 4.78 is 5.17. The maximum absolute atomic E-state index is 12.1. The molecule has 1 rings (SSSR count). The van der Waals surface area contributed by atoms with Crippen LogP contribution in [0, 0.1) is 0 Å². The Morgan fingerprint density at radius 1 is 1.25 bits per heavy atom. The van der Waals surface area contributed by atoms with Crippen molar-refractivity contribution in [3.63, 3.8) is 0 Å². The lowest BCUT2D eigenvalue weighted by atomic mass is 10.2. The van der Waals surface area contributed by atoms with Gasteiger partial charge in [0.1, 0.15) is 5.75 Å². The van der Waals surface area contributed by atoms with Crippen molar-refractivity contribution >= 4 is 11.6 Å². The second kappa shape index (κ2) is 9.23. The first-order valence-electron chi connectivity index (χ1n) is 7.37. The van der Waals surface area contributed by atoms with Crippen molar-refractivity contribution in [3.8, 4) is 5.75 Å². The molecule has 0 atom stereocenters. The fraction of sp³-hybridized carbons (Fsp3) is 0.562. The van der Waals surface area contributed by atoms with Crippen molar-refractivity contribution in [1.82, 2.24) is 4.90 Å². The van der Waals surface area contributed by atoms with Crippen LogP contribution in [0.5, 0.6) is 5.75 Å². The average Bonchev–Trinajstić information content (AvgIpc) is 2.47. The van der Waals surface area contributed by atoms with Crippen molar-refractivity contribution in [2.75, 3.05) is 32.1 Å². The van der Waals surface area contributed by atoms with E-state index >= 15 is 0 Å². The molecule has 0 bridgehead atoms. The van der Waals surface area contributed by atoms with Gasteiger partial charge >= 0.3 is 0 Å². The van der Waals surface area contributed by atoms with Gasteiger partial charge in [-0.1, -0.05) is 19.9 Å². The highest BCUT2D eigenvalue weighted by molar-refractivity contribution is 5.76. The van der Waals surface area contributed by atoms with Crippen LogP contribution in [0.25, 0.3) is 0 Å². The monoisotopic (exact) mass is 278 g/mol. The molecule has 20 heavy (non-hydrogen) atoms. The Balaban J connectivity index is 2.39. The number of rotatable bonds is 9. The molecule has 0 fully saturated rings. The van der Waals surface area contributed by atoms with E-state index in [0.29, 0.717) is 13.0 Å². The minimum atomic E-state index is 0.226. The fourth-order valence-corrected chi connectivity index (χ4v) is 2.11. The van der Waals surface area contributed by atoms with Gasteiger partial charge in [0.25, 0.3) is 0 Å². The first kappa shape index (κ1) is 16.3. The first-order chi connectivity index (χ1) is 9.71. The molecule has 1 aromatic carbocycles. The molecule has 0 aliphatic heterocycles. The summed E-state index contributed by atoms with van der Waals surface area (Å²) in [6.07, 6.45) is 2.54. The zero-order chi connectivity index (χ0) is 14.8. The van der Waals surface area contributed by atoms with Crippen LogP contribution in [0.3, 0.4) is 0 Å². The third-order valence-corrected chi connectivity index (χ3v) is 3.08. The number of hydrogen-bond acceptors (Lipinski definition) is 3. The summed E-state index contributed by atoms with van der Waals surface area (Å²) in [6.45, 7) is 6.56. The number of amides is 1. The van der Waals surface area contributed by atoms with Gasteiger partial charge in [-0.25, -0.2) is 0 Å². The molecule has 4 heteroatoms. The molecule has 1 N–H and O–H groups in total. The summed E-state index contributed by atoms with van der Waals surface area (Å²) in [6, 6.07) is 7.74.